The first-order chi connectivity index (χ1) is 12.5. The van der Waals surface area contributed by atoms with E-state index in [0.717, 1.165) is 10.0 Å². The quantitative estimate of drug-likeness (QED) is 0.580. The first-order valence-electron chi connectivity index (χ1n) is 7.98. The molecule has 26 heavy (non-hydrogen) atoms. The molecule has 0 spiro atoms. The van der Waals surface area contributed by atoms with Crippen molar-refractivity contribution in [1.82, 2.24) is 10.0 Å². The normalized spacial score (nSPS) is 14.4. The van der Waals surface area contributed by atoms with Gasteiger partial charge in [0.1, 0.15) is 6.54 Å². The number of ketones is 1. The van der Waals surface area contributed by atoms with E-state index in [1.54, 1.807) is 29.6 Å². The molecule has 0 N–H and O–H groups in total. The van der Waals surface area contributed by atoms with Crippen molar-refractivity contribution in [3.8, 4) is 0 Å². The van der Waals surface area contributed by atoms with Gasteiger partial charge < -0.3 is 0 Å². The number of nitrogens with zero attached hydrogens (tertiary/aromatic N) is 2. The van der Waals surface area contributed by atoms with Crippen LogP contribution in [0.15, 0.2) is 41.8 Å². The molecule has 0 bridgehead atoms. The molecule has 134 valence electrons. The van der Waals surface area contributed by atoms with Crippen LogP contribution in [0.5, 0.6) is 0 Å². The summed E-state index contributed by atoms with van der Waals surface area (Å²) in [6.45, 7) is -0.415. The lowest BCUT2D eigenvalue weighted by atomic mass is 10.1. The van der Waals surface area contributed by atoms with E-state index < -0.39 is 24.3 Å². The molecule has 2 heterocycles. The number of carbonyl (C=O) groups is 4. The Bertz CT molecular complexity index is 850. The summed E-state index contributed by atoms with van der Waals surface area (Å²) in [4.78, 5) is 50.6. The number of rotatable bonds is 5. The van der Waals surface area contributed by atoms with Crippen LogP contribution in [-0.2, 0) is 9.59 Å². The molecular formula is C18H15ClN2O4S. The van der Waals surface area contributed by atoms with Gasteiger partial charge in [-0.2, -0.15) is 5.01 Å². The third kappa shape index (κ3) is 3.68. The van der Waals surface area contributed by atoms with Crippen LogP contribution in [0.1, 0.15) is 39.3 Å². The first kappa shape index (κ1) is 18.3. The van der Waals surface area contributed by atoms with Gasteiger partial charge in [0.25, 0.3) is 5.91 Å². The molecule has 1 aromatic carbocycles. The Morgan fingerprint density at radius 2 is 1.77 bits per heavy atom. The summed E-state index contributed by atoms with van der Waals surface area (Å²) in [5.41, 5.74) is 0.124. The van der Waals surface area contributed by atoms with Crippen molar-refractivity contribution in [3.05, 3.63) is 57.2 Å². The van der Waals surface area contributed by atoms with Crippen LogP contribution in [0.2, 0.25) is 5.02 Å². The Morgan fingerprint density at radius 1 is 1.08 bits per heavy atom. The Labute approximate surface area is 158 Å². The van der Waals surface area contributed by atoms with E-state index in [2.05, 4.69) is 0 Å². The molecule has 1 fully saturated rings. The molecule has 1 aliphatic rings. The van der Waals surface area contributed by atoms with Gasteiger partial charge in [0, 0.05) is 12.8 Å². The topological polar surface area (TPSA) is 74.8 Å². The van der Waals surface area contributed by atoms with Crippen LogP contribution >= 0.6 is 22.9 Å². The largest absolute Gasteiger partial charge is 0.291 e. The average molecular weight is 391 g/mol. The van der Waals surface area contributed by atoms with Crippen LogP contribution in [0.3, 0.4) is 0 Å². The molecule has 1 aromatic heterocycles. The monoisotopic (exact) mass is 390 g/mol. The summed E-state index contributed by atoms with van der Waals surface area (Å²) < 4.78 is 0. The van der Waals surface area contributed by atoms with Crippen molar-refractivity contribution in [2.45, 2.75) is 19.3 Å². The predicted octanol–water partition coefficient (Wildman–Crippen LogP) is 3.18. The van der Waals surface area contributed by atoms with Gasteiger partial charge in [0.15, 0.2) is 5.78 Å². The van der Waals surface area contributed by atoms with Crippen LogP contribution in [0.4, 0.5) is 0 Å². The molecule has 0 radical (unpaired) electrons. The second kappa shape index (κ2) is 7.80. The van der Waals surface area contributed by atoms with Crippen molar-refractivity contribution in [2.75, 3.05) is 6.54 Å². The second-order valence-corrected chi connectivity index (χ2v) is 7.05. The van der Waals surface area contributed by atoms with Crippen LogP contribution in [-0.4, -0.2) is 40.1 Å². The SMILES string of the molecule is O=C(CN(C(=O)c1ccccc1Cl)N1C(=O)CCCC1=O)c1cccs1. The number of hydrazine groups is 1. The number of carbonyl (C=O) groups excluding carboxylic acids is 4. The summed E-state index contributed by atoms with van der Waals surface area (Å²) in [5.74, 6) is -2.02. The molecular weight excluding hydrogens is 376 g/mol. The Kier molecular flexibility index (Phi) is 5.49. The summed E-state index contributed by atoms with van der Waals surface area (Å²) in [7, 11) is 0. The van der Waals surface area contributed by atoms with Crippen molar-refractivity contribution in [3.63, 3.8) is 0 Å². The molecule has 6 nitrogen and oxygen atoms in total. The van der Waals surface area contributed by atoms with E-state index in [4.69, 9.17) is 11.6 Å². The van der Waals surface area contributed by atoms with Gasteiger partial charge in [0.2, 0.25) is 11.8 Å². The fourth-order valence-electron chi connectivity index (χ4n) is 2.67. The maximum absolute atomic E-state index is 13.0. The third-order valence-electron chi connectivity index (χ3n) is 3.92. The van der Waals surface area contributed by atoms with Crippen molar-refractivity contribution in [1.29, 1.82) is 0 Å². The number of hydrogen-bond acceptors (Lipinski definition) is 5. The summed E-state index contributed by atoms with van der Waals surface area (Å²) >= 11 is 7.32. The standard InChI is InChI=1S/C18H15ClN2O4S/c19-13-6-2-1-5-12(13)18(25)20(11-14(22)15-7-4-10-26-15)21-16(23)8-3-9-17(21)24/h1-2,4-7,10H,3,8-9,11H2. The number of piperidine rings is 1. The molecule has 1 saturated heterocycles. The molecule has 0 atom stereocenters. The molecule has 2 aromatic rings. The maximum Gasteiger partial charge on any atom is 0.274 e. The number of imide groups is 1. The highest BCUT2D eigenvalue weighted by atomic mass is 35.5. The van der Waals surface area contributed by atoms with E-state index in [0.29, 0.717) is 11.3 Å². The second-order valence-electron chi connectivity index (χ2n) is 5.70. The molecule has 0 aliphatic carbocycles. The van der Waals surface area contributed by atoms with Gasteiger partial charge in [-0.25, -0.2) is 5.01 Å². The van der Waals surface area contributed by atoms with E-state index in [9.17, 15) is 19.2 Å². The van der Waals surface area contributed by atoms with Crippen LogP contribution in [0, 0.1) is 0 Å². The lowest BCUT2D eigenvalue weighted by molar-refractivity contribution is -0.162. The minimum absolute atomic E-state index is 0.124. The zero-order valence-electron chi connectivity index (χ0n) is 13.7. The van der Waals surface area contributed by atoms with Crippen LogP contribution in [0.25, 0.3) is 0 Å². The van der Waals surface area contributed by atoms with Crippen molar-refractivity contribution >= 4 is 46.4 Å². The molecule has 3 rings (SSSR count). The molecule has 0 unspecified atom stereocenters. The zero-order valence-corrected chi connectivity index (χ0v) is 15.3. The summed E-state index contributed by atoms with van der Waals surface area (Å²) in [5, 5.41) is 3.63. The van der Waals surface area contributed by atoms with Gasteiger partial charge in [-0.3, -0.25) is 19.2 Å². The fourth-order valence-corrected chi connectivity index (χ4v) is 3.54. The minimum atomic E-state index is -0.663. The number of Topliss-reactive ketones (excluding diaryl/α,β-unsaturated/α-hetero) is 1. The fraction of sp³-hybridized carbons (Fsp3) is 0.222. The van der Waals surface area contributed by atoms with Crippen molar-refractivity contribution in [2.24, 2.45) is 0 Å². The summed E-state index contributed by atoms with van der Waals surface area (Å²) in [6.07, 6.45) is 0.720. The molecule has 8 heteroatoms. The molecule has 0 saturated carbocycles. The van der Waals surface area contributed by atoms with Gasteiger partial charge in [0.05, 0.1) is 15.5 Å². The number of thiophene rings is 1. The molecule has 1 aliphatic heterocycles. The Morgan fingerprint density at radius 3 is 2.38 bits per heavy atom. The van der Waals surface area contributed by atoms with Gasteiger partial charge in [-0.05, 0) is 30.0 Å². The first-order valence-corrected chi connectivity index (χ1v) is 9.23. The smallest absolute Gasteiger partial charge is 0.274 e. The van der Waals surface area contributed by atoms with Crippen LogP contribution < -0.4 is 0 Å². The van der Waals surface area contributed by atoms with E-state index in [1.165, 1.54) is 23.5 Å². The third-order valence-corrected chi connectivity index (χ3v) is 5.16. The van der Waals surface area contributed by atoms with E-state index in [1.807, 2.05) is 0 Å². The lowest BCUT2D eigenvalue weighted by Crippen LogP contribution is -2.56. The van der Waals surface area contributed by atoms with Gasteiger partial charge in [-0.15, -0.1) is 11.3 Å². The Balaban J connectivity index is 1.97. The lowest BCUT2D eigenvalue weighted by Gasteiger charge is -2.35. The number of hydrogen-bond donors (Lipinski definition) is 0. The summed E-state index contributed by atoms with van der Waals surface area (Å²) in [6, 6.07) is 9.66. The van der Waals surface area contributed by atoms with Crippen molar-refractivity contribution < 1.29 is 19.2 Å². The van der Waals surface area contributed by atoms with Gasteiger partial charge >= 0.3 is 0 Å². The minimum Gasteiger partial charge on any atom is -0.291 e. The van der Waals surface area contributed by atoms with Gasteiger partial charge in [-0.1, -0.05) is 29.8 Å². The number of amides is 3. The average Bonchev–Trinajstić information content (AvgIpc) is 3.15. The van der Waals surface area contributed by atoms with E-state index >= 15 is 0 Å². The maximum atomic E-state index is 13.0. The predicted molar refractivity (Wildman–Crippen MR) is 96.8 cm³/mol. The Hall–Kier alpha value is -2.51. The highest BCUT2D eigenvalue weighted by molar-refractivity contribution is 7.12. The molecule has 3 amide bonds. The highest BCUT2D eigenvalue weighted by Gasteiger charge is 2.36. The number of halogens is 1. The highest BCUT2D eigenvalue weighted by Crippen LogP contribution is 2.22. The zero-order chi connectivity index (χ0) is 18.7. The van der Waals surface area contributed by atoms with E-state index in [-0.39, 0.29) is 29.2 Å². The number of benzene rings is 1.